The highest BCUT2D eigenvalue weighted by Gasteiger charge is 2.21. The molecule has 1 aliphatic heterocycles. The molecule has 82 valence electrons. The zero-order valence-electron chi connectivity index (χ0n) is 8.99. The topological polar surface area (TPSA) is 29.0 Å². The lowest BCUT2D eigenvalue weighted by molar-refractivity contribution is 0.215. The summed E-state index contributed by atoms with van der Waals surface area (Å²) in [5.41, 5.74) is 1.13. The Morgan fingerprint density at radius 1 is 1.60 bits per heavy atom. The Kier molecular flexibility index (Phi) is 3.70. The minimum Gasteiger partial charge on any atom is -0.303 e. The zero-order valence-corrected chi connectivity index (χ0v) is 10.6. The standard InChI is InChI=1S/C11H16BrN3/c1-2-15-5-3-4-9(8-15)11-6-10(12)7-13-14-11/h6-7,9H,2-5,8H2,1H3. The molecule has 0 bridgehead atoms. The summed E-state index contributed by atoms with van der Waals surface area (Å²) >= 11 is 3.44. The predicted octanol–water partition coefficient (Wildman–Crippen LogP) is 2.44. The summed E-state index contributed by atoms with van der Waals surface area (Å²) in [4.78, 5) is 2.48. The molecule has 0 aromatic carbocycles. The summed E-state index contributed by atoms with van der Waals surface area (Å²) in [6.45, 7) is 5.71. The molecule has 0 aliphatic carbocycles. The first kappa shape index (κ1) is 11.0. The van der Waals surface area contributed by atoms with Crippen LogP contribution in [0.2, 0.25) is 0 Å². The molecule has 0 radical (unpaired) electrons. The smallest absolute Gasteiger partial charge is 0.0686 e. The van der Waals surface area contributed by atoms with Gasteiger partial charge in [0.25, 0.3) is 0 Å². The molecule has 0 saturated carbocycles. The first-order valence-electron chi connectivity index (χ1n) is 5.50. The maximum Gasteiger partial charge on any atom is 0.0686 e. The summed E-state index contributed by atoms with van der Waals surface area (Å²) in [6, 6.07) is 2.09. The summed E-state index contributed by atoms with van der Waals surface area (Å²) in [5, 5.41) is 8.22. The van der Waals surface area contributed by atoms with Crippen LogP contribution in [0.25, 0.3) is 0 Å². The molecule has 1 aliphatic rings. The number of likely N-dealkylation sites (tertiary alicyclic amines) is 1. The van der Waals surface area contributed by atoms with E-state index in [2.05, 4.69) is 44.0 Å². The molecule has 15 heavy (non-hydrogen) atoms. The number of piperidine rings is 1. The Bertz CT molecular complexity index is 329. The van der Waals surface area contributed by atoms with E-state index < -0.39 is 0 Å². The highest BCUT2D eigenvalue weighted by Crippen LogP contribution is 2.26. The van der Waals surface area contributed by atoms with Gasteiger partial charge in [-0.05, 0) is 47.9 Å². The van der Waals surface area contributed by atoms with Crippen molar-refractivity contribution in [1.29, 1.82) is 0 Å². The Morgan fingerprint density at radius 2 is 2.47 bits per heavy atom. The van der Waals surface area contributed by atoms with Crippen molar-refractivity contribution >= 4 is 15.9 Å². The molecule has 1 unspecified atom stereocenters. The monoisotopic (exact) mass is 269 g/mol. The van der Waals surface area contributed by atoms with Crippen molar-refractivity contribution in [2.45, 2.75) is 25.7 Å². The van der Waals surface area contributed by atoms with Gasteiger partial charge in [-0.1, -0.05) is 6.92 Å². The maximum atomic E-state index is 4.23. The van der Waals surface area contributed by atoms with E-state index >= 15 is 0 Å². The summed E-state index contributed by atoms with van der Waals surface area (Å²) < 4.78 is 1.03. The van der Waals surface area contributed by atoms with E-state index in [4.69, 9.17) is 0 Å². The van der Waals surface area contributed by atoms with E-state index in [1.165, 1.54) is 19.4 Å². The van der Waals surface area contributed by atoms with E-state index in [9.17, 15) is 0 Å². The summed E-state index contributed by atoms with van der Waals surface area (Å²) in [5.74, 6) is 0.559. The molecule has 0 amide bonds. The van der Waals surface area contributed by atoms with Gasteiger partial charge in [0, 0.05) is 16.9 Å². The molecular weight excluding hydrogens is 254 g/mol. The average molecular weight is 270 g/mol. The van der Waals surface area contributed by atoms with Crippen molar-refractivity contribution in [3.05, 3.63) is 22.4 Å². The molecule has 0 spiro atoms. The highest BCUT2D eigenvalue weighted by molar-refractivity contribution is 9.10. The number of hydrogen-bond acceptors (Lipinski definition) is 3. The number of aromatic nitrogens is 2. The van der Waals surface area contributed by atoms with E-state index in [-0.39, 0.29) is 0 Å². The van der Waals surface area contributed by atoms with E-state index in [0.717, 1.165) is 23.3 Å². The van der Waals surface area contributed by atoms with Crippen LogP contribution in [0, 0.1) is 0 Å². The van der Waals surface area contributed by atoms with Gasteiger partial charge >= 0.3 is 0 Å². The van der Waals surface area contributed by atoms with Crippen LogP contribution in [0.15, 0.2) is 16.7 Å². The lowest BCUT2D eigenvalue weighted by atomic mass is 9.95. The van der Waals surface area contributed by atoms with E-state index in [1.54, 1.807) is 6.20 Å². The molecule has 1 fully saturated rings. The van der Waals surface area contributed by atoms with E-state index in [0.29, 0.717) is 5.92 Å². The third kappa shape index (κ3) is 2.75. The largest absolute Gasteiger partial charge is 0.303 e. The molecular formula is C11H16BrN3. The van der Waals surface area contributed by atoms with Crippen molar-refractivity contribution in [3.8, 4) is 0 Å². The van der Waals surface area contributed by atoms with Gasteiger partial charge in [0.2, 0.25) is 0 Å². The first-order valence-corrected chi connectivity index (χ1v) is 6.29. The molecule has 1 aromatic heterocycles. The number of likely N-dealkylation sites (N-methyl/N-ethyl adjacent to an activating group) is 1. The first-order chi connectivity index (χ1) is 7.29. The molecule has 2 rings (SSSR count). The second kappa shape index (κ2) is 5.03. The predicted molar refractivity (Wildman–Crippen MR) is 63.8 cm³/mol. The van der Waals surface area contributed by atoms with Gasteiger partial charge in [0.1, 0.15) is 0 Å². The van der Waals surface area contributed by atoms with Gasteiger partial charge in [0.15, 0.2) is 0 Å². The molecule has 4 heteroatoms. The van der Waals surface area contributed by atoms with Crippen molar-refractivity contribution in [2.24, 2.45) is 0 Å². The van der Waals surface area contributed by atoms with Crippen molar-refractivity contribution in [3.63, 3.8) is 0 Å². The molecule has 1 aromatic rings. The van der Waals surface area contributed by atoms with Gasteiger partial charge in [-0.2, -0.15) is 10.2 Å². The quantitative estimate of drug-likeness (QED) is 0.826. The third-order valence-electron chi connectivity index (χ3n) is 3.01. The Hall–Kier alpha value is -0.480. The highest BCUT2D eigenvalue weighted by atomic mass is 79.9. The number of nitrogens with zero attached hydrogens (tertiary/aromatic N) is 3. The second-order valence-electron chi connectivity index (χ2n) is 4.03. The van der Waals surface area contributed by atoms with Crippen molar-refractivity contribution in [1.82, 2.24) is 15.1 Å². The molecule has 1 saturated heterocycles. The lowest BCUT2D eigenvalue weighted by Crippen LogP contribution is -2.34. The van der Waals surface area contributed by atoms with Crippen LogP contribution in [-0.2, 0) is 0 Å². The van der Waals surface area contributed by atoms with Crippen LogP contribution in [0.1, 0.15) is 31.4 Å². The van der Waals surface area contributed by atoms with Crippen LogP contribution < -0.4 is 0 Å². The average Bonchev–Trinajstić information content (AvgIpc) is 2.29. The van der Waals surface area contributed by atoms with Gasteiger partial charge in [0.05, 0.1) is 11.9 Å². The van der Waals surface area contributed by atoms with Gasteiger partial charge in [-0.25, -0.2) is 0 Å². The minimum absolute atomic E-state index is 0.559. The van der Waals surface area contributed by atoms with Crippen LogP contribution in [0.3, 0.4) is 0 Å². The lowest BCUT2D eigenvalue weighted by Gasteiger charge is -2.31. The minimum atomic E-state index is 0.559. The SMILES string of the molecule is CCN1CCCC(c2cc(Br)cnn2)C1. The van der Waals surface area contributed by atoms with Crippen LogP contribution in [0.4, 0.5) is 0 Å². The summed E-state index contributed by atoms with van der Waals surface area (Å²) in [6.07, 6.45) is 4.25. The van der Waals surface area contributed by atoms with Gasteiger partial charge in [-0.15, -0.1) is 0 Å². The summed E-state index contributed by atoms with van der Waals surface area (Å²) in [7, 11) is 0. The molecule has 1 atom stereocenters. The normalized spacial score (nSPS) is 22.9. The van der Waals surface area contributed by atoms with Gasteiger partial charge < -0.3 is 4.90 Å². The van der Waals surface area contributed by atoms with Crippen molar-refractivity contribution < 1.29 is 0 Å². The Balaban J connectivity index is 2.09. The van der Waals surface area contributed by atoms with Gasteiger partial charge in [-0.3, -0.25) is 0 Å². The number of hydrogen-bond donors (Lipinski definition) is 0. The third-order valence-corrected chi connectivity index (χ3v) is 3.44. The molecule has 3 nitrogen and oxygen atoms in total. The fraction of sp³-hybridized carbons (Fsp3) is 0.636. The number of halogens is 1. The van der Waals surface area contributed by atoms with Crippen LogP contribution >= 0.6 is 15.9 Å². The maximum absolute atomic E-state index is 4.23. The molecule has 2 heterocycles. The number of rotatable bonds is 2. The van der Waals surface area contributed by atoms with Crippen molar-refractivity contribution in [2.75, 3.05) is 19.6 Å². The fourth-order valence-corrected chi connectivity index (χ4v) is 2.47. The molecule has 0 N–H and O–H groups in total. The fourth-order valence-electron chi connectivity index (χ4n) is 2.14. The second-order valence-corrected chi connectivity index (χ2v) is 4.95. The van der Waals surface area contributed by atoms with E-state index in [1.807, 2.05) is 0 Å². The van der Waals surface area contributed by atoms with Crippen LogP contribution in [0.5, 0.6) is 0 Å². The zero-order chi connectivity index (χ0) is 10.7. The Labute approximate surface area is 99.0 Å². The Morgan fingerprint density at radius 3 is 3.20 bits per heavy atom. The van der Waals surface area contributed by atoms with Crippen LogP contribution in [-0.4, -0.2) is 34.7 Å².